The summed E-state index contributed by atoms with van der Waals surface area (Å²) in [7, 11) is 0. The van der Waals surface area contributed by atoms with E-state index in [-0.39, 0.29) is 12.1 Å². The van der Waals surface area contributed by atoms with Crippen LogP contribution >= 0.6 is 11.6 Å². The van der Waals surface area contributed by atoms with E-state index in [2.05, 4.69) is 67.2 Å². The van der Waals surface area contributed by atoms with Crippen LogP contribution in [0.2, 0.25) is 5.02 Å². The van der Waals surface area contributed by atoms with E-state index in [0.717, 1.165) is 23.7 Å². The summed E-state index contributed by atoms with van der Waals surface area (Å²) >= 11 is 6.14. The summed E-state index contributed by atoms with van der Waals surface area (Å²) in [6, 6.07) is 16.9. The number of piperazine rings is 1. The Morgan fingerprint density at radius 1 is 0.903 bits per heavy atom. The first-order chi connectivity index (χ1) is 14.9. The molecule has 4 rings (SSSR count). The first kappa shape index (κ1) is 21.6. The van der Waals surface area contributed by atoms with Gasteiger partial charge in [0.15, 0.2) is 0 Å². The minimum absolute atomic E-state index is 0.0510. The fourth-order valence-electron chi connectivity index (χ4n) is 4.06. The van der Waals surface area contributed by atoms with E-state index in [1.165, 1.54) is 21.4 Å². The van der Waals surface area contributed by atoms with Gasteiger partial charge in [-0.2, -0.15) is 9.78 Å². The lowest BCUT2D eigenvalue weighted by Crippen LogP contribution is -2.51. The largest absolute Gasteiger partial charge is 0.344 e. The third-order valence-electron chi connectivity index (χ3n) is 5.99. The number of rotatable bonds is 4. The highest BCUT2D eigenvalue weighted by molar-refractivity contribution is 6.30. The maximum Gasteiger partial charge on any atom is 0.344 e. The molecule has 0 bridgehead atoms. The van der Waals surface area contributed by atoms with Crippen LogP contribution < -0.4 is 0 Å². The molecule has 1 unspecified atom stereocenters. The summed E-state index contributed by atoms with van der Waals surface area (Å²) in [4.78, 5) is 17.3. The number of benzene rings is 2. The standard InChI is InChI=1S/C25H29ClN4O/c1-18(2)22-16-27-30(17-22)25(31)29-14-12-28(13-15-29)24(20-6-4-19(3)5-7-20)21-8-10-23(26)11-9-21/h4-11,16-18,24H,12-15H2,1-3H3. The van der Waals surface area contributed by atoms with Gasteiger partial charge in [-0.1, -0.05) is 67.4 Å². The molecular weight excluding hydrogens is 408 g/mol. The summed E-state index contributed by atoms with van der Waals surface area (Å²) in [5.41, 5.74) is 4.78. The molecule has 0 spiro atoms. The van der Waals surface area contributed by atoms with Gasteiger partial charge in [-0.05, 0) is 41.7 Å². The summed E-state index contributed by atoms with van der Waals surface area (Å²) in [5, 5.41) is 5.02. The Bertz CT molecular complexity index is 973. The van der Waals surface area contributed by atoms with Crippen LogP contribution in [0.5, 0.6) is 0 Å². The molecule has 2 aromatic carbocycles. The van der Waals surface area contributed by atoms with Crippen LogP contribution in [0, 0.1) is 6.92 Å². The maximum atomic E-state index is 12.9. The SMILES string of the molecule is Cc1ccc(C(c2ccc(Cl)cc2)N2CCN(C(=O)n3cc(C(C)C)cn3)CC2)cc1. The van der Waals surface area contributed by atoms with Crippen molar-refractivity contribution in [1.82, 2.24) is 19.6 Å². The van der Waals surface area contributed by atoms with Crippen LogP contribution in [0.3, 0.4) is 0 Å². The van der Waals surface area contributed by atoms with Crippen molar-refractivity contribution in [3.63, 3.8) is 0 Å². The molecule has 5 nitrogen and oxygen atoms in total. The zero-order chi connectivity index (χ0) is 22.0. The second-order valence-electron chi connectivity index (χ2n) is 8.54. The normalized spacial score (nSPS) is 16.0. The maximum absolute atomic E-state index is 12.9. The molecule has 31 heavy (non-hydrogen) atoms. The van der Waals surface area contributed by atoms with Gasteiger partial charge in [-0.15, -0.1) is 0 Å². The highest BCUT2D eigenvalue weighted by Crippen LogP contribution is 2.31. The zero-order valence-electron chi connectivity index (χ0n) is 18.3. The molecule has 0 saturated carbocycles. The topological polar surface area (TPSA) is 41.4 Å². The van der Waals surface area contributed by atoms with Crippen molar-refractivity contribution in [2.45, 2.75) is 32.7 Å². The van der Waals surface area contributed by atoms with Crippen LogP contribution in [0.1, 0.15) is 48.1 Å². The summed E-state index contributed by atoms with van der Waals surface area (Å²) in [6.45, 7) is 9.25. The third kappa shape index (κ3) is 4.83. The Labute approximate surface area is 189 Å². The van der Waals surface area contributed by atoms with Crippen LogP contribution in [-0.4, -0.2) is 51.8 Å². The number of aryl methyl sites for hydroxylation is 1. The molecule has 1 saturated heterocycles. The average Bonchev–Trinajstić information content (AvgIpc) is 3.27. The van der Waals surface area contributed by atoms with E-state index in [1.807, 2.05) is 23.2 Å². The highest BCUT2D eigenvalue weighted by atomic mass is 35.5. The smallest absolute Gasteiger partial charge is 0.320 e. The third-order valence-corrected chi connectivity index (χ3v) is 6.25. The Hall–Kier alpha value is -2.63. The fourth-order valence-corrected chi connectivity index (χ4v) is 4.19. The number of hydrogen-bond donors (Lipinski definition) is 0. The van der Waals surface area contributed by atoms with Crippen LogP contribution in [0.25, 0.3) is 0 Å². The molecule has 162 valence electrons. The predicted molar refractivity (Wildman–Crippen MR) is 125 cm³/mol. The number of aromatic nitrogens is 2. The minimum Gasteiger partial charge on any atom is -0.320 e. The summed E-state index contributed by atoms with van der Waals surface area (Å²) < 4.78 is 1.47. The Morgan fingerprint density at radius 3 is 2.03 bits per heavy atom. The van der Waals surface area contributed by atoms with Gasteiger partial charge in [0.25, 0.3) is 0 Å². The summed E-state index contributed by atoms with van der Waals surface area (Å²) in [5.74, 6) is 0.355. The second kappa shape index (κ2) is 9.25. The van der Waals surface area contributed by atoms with E-state index < -0.39 is 0 Å². The molecule has 1 amide bonds. The first-order valence-electron chi connectivity index (χ1n) is 10.8. The quantitative estimate of drug-likeness (QED) is 0.554. The van der Waals surface area contributed by atoms with Crippen LogP contribution in [-0.2, 0) is 0 Å². The van der Waals surface area contributed by atoms with E-state index in [4.69, 9.17) is 11.6 Å². The molecule has 1 aliphatic heterocycles. The second-order valence-corrected chi connectivity index (χ2v) is 8.98. The van der Waals surface area contributed by atoms with E-state index in [1.54, 1.807) is 6.20 Å². The Kier molecular flexibility index (Phi) is 6.44. The molecule has 1 aromatic heterocycles. The number of carbonyl (C=O) groups excluding carboxylic acids is 1. The lowest BCUT2D eigenvalue weighted by atomic mass is 9.95. The van der Waals surface area contributed by atoms with Crippen molar-refractivity contribution in [1.29, 1.82) is 0 Å². The predicted octanol–water partition coefficient (Wildman–Crippen LogP) is 5.34. The lowest BCUT2D eigenvalue weighted by Gasteiger charge is -2.39. The van der Waals surface area contributed by atoms with Gasteiger partial charge in [-0.3, -0.25) is 4.90 Å². The first-order valence-corrected chi connectivity index (χ1v) is 11.2. The number of halogens is 1. The lowest BCUT2D eigenvalue weighted by molar-refractivity contribution is 0.119. The fraction of sp³-hybridized carbons (Fsp3) is 0.360. The van der Waals surface area contributed by atoms with E-state index in [0.29, 0.717) is 19.0 Å². The van der Waals surface area contributed by atoms with Crippen molar-refractivity contribution >= 4 is 17.6 Å². The van der Waals surface area contributed by atoms with Gasteiger partial charge in [0, 0.05) is 37.4 Å². The molecule has 1 aliphatic rings. The van der Waals surface area contributed by atoms with Crippen molar-refractivity contribution in [3.8, 4) is 0 Å². The van der Waals surface area contributed by atoms with Gasteiger partial charge in [0.2, 0.25) is 0 Å². The summed E-state index contributed by atoms with van der Waals surface area (Å²) in [6.07, 6.45) is 3.63. The number of carbonyl (C=O) groups is 1. The molecule has 1 atom stereocenters. The monoisotopic (exact) mass is 436 g/mol. The molecule has 1 fully saturated rings. The van der Waals surface area contributed by atoms with Crippen LogP contribution in [0.15, 0.2) is 60.9 Å². The minimum atomic E-state index is -0.0510. The van der Waals surface area contributed by atoms with E-state index >= 15 is 0 Å². The molecular formula is C25H29ClN4O. The number of nitrogens with zero attached hydrogens (tertiary/aromatic N) is 4. The van der Waals surface area contributed by atoms with Gasteiger partial charge in [0.1, 0.15) is 0 Å². The van der Waals surface area contributed by atoms with Crippen molar-refractivity contribution < 1.29 is 4.79 Å². The van der Waals surface area contributed by atoms with Gasteiger partial charge < -0.3 is 4.90 Å². The Balaban J connectivity index is 1.51. The van der Waals surface area contributed by atoms with Crippen molar-refractivity contribution in [3.05, 3.63) is 88.2 Å². The molecule has 0 N–H and O–H groups in total. The van der Waals surface area contributed by atoms with Crippen molar-refractivity contribution in [2.24, 2.45) is 0 Å². The highest BCUT2D eigenvalue weighted by Gasteiger charge is 2.29. The van der Waals surface area contributed by atoms with E-state index in [9.17, 15) is 4.79 Å². The Morgan fingerprint density at radius 2 is 1.48 bits per heavy atom. The van der Waals surface area contributed by atoms with Crippen LogP contribution in [0.4, 0.5) is 4.79 Å². The molecule has 2 heterocycles. The molecule has 0 aliphatic carbocycles. The average molecular weight is 437 g/mol. The van der Waals surface area contributed by atoms with Gasteiger partial charge in [-0.25, -0.2) is 4.79 Å². The zero-order valence-corrected chi connectivity index (χ0v) is 19.1. The number of hydrogen-bond acceptors (Lipinski definition) is 3. The van der Waals surface area contributed by atoms with Gasteiger partial charge >= 0.3 is 6.03 Å². The number of amides is 1. The molecule has 6 heteroatoms. The molecule has 3 aromatic rings. The van der Waals surface area contributed by atoms with Gasteiger partial charge in [0.05, 0.1) is 12.2 Å². The van der Waals surface area contributed by atoms with Crippen molar-refractivity contribution in [2.75, 3.05) is 26.2 Å². The molecule has 0 radical (unpaired) electrons.